The smallest absolute Gasteiger partial charge is 0.147 e. The van der Waals surface area contributed by atoms with Crippen molar-refractivity contribution in [3.8, 4) is 10.6 Å². The first-order valence-corrected chi connectivity index (χ1v) is 7.54. The lowest BCUT2D eigenvalue weighted by molar-refractivity contribution is 0.795. The topological polar surface area (TPSA) is 37.8 Å². The summed E-state index contributed by atoms with van der Waals surface area (Å²) >= 11 is 5.12. The van der Waals surface area contributed by atoms with Crippen LogP contribution in [0.15, 0.2) is 40.9 Å². The maximum atomic E-state index is 4.25. The van der Waals surface area contributed by atoms with E-state index < -0.39 is 0 Å². The lowest BCUT2D eigenvalue weighted by Gasteiger charge is -2.01. The number of hydrogen-bond acceptors (Lipinski definition) is 4. The predicted molar refractivity (Wildman–Crippen MR) is 83.3 cm³/mol. The lowest BCUT2D eigenvalue weighted by Crippen LogP contribution is -2.04. The summed E-state index contributed by atoms with van der Waals surface area (Å²) in [6.45, 7) is 0.762. The van der Waals surface area contributed by atoms with Gasteiger partial charge in [-0.25, -0.2) is 0 Å². The molecule has 0 unspecified atom stereocenters. The monoisotopic (exact) mass is 333 g/mol. The van der Waals surface area contributed by atoms with Crippen LogP contribution in [0.4, 0.5) is 0 Å². The van der Waals surface area contributed by atoms with Gasteiger partial charge in [-0.05, 0) is 36.0 Å². The van der Waals surface area contributed by atoms with Crippen molar-refractivity contribution in [2.75, 3.05) is 7.05 Å². The summed E-state index contributed by atoms with van der Waals surface area (Å²) in [5, 5.41) is 15.9. The predicted octanol–water partition coefficient (Wildman–Crippen LogP) is 3.84. The molecule has 19 heavy (non-hydrogen) atoms. The molecule has 1 heterocycles. The SMILES string of the molecule is CNCc1nnc(-c2ccc3cc(Br)ccc3c2)s1. The highest BCUT2D eigenvalue weighted by Gasteiger charge is 2.07. The summed E-state index contributed by atoms with van der Waals surface area (Å²) in [5.41, 5.74) is 1.12. The van der Waals surface area contributed by atoms with Gasteiger partial charge in [-0.3, -0.25) is 0 Å². The highest BCUT2D eigenvalue weighted by atomic mass is 79.9. The second-order valence-electron chi connectivity index (χ2n) is 4.24. The van der Waals surface area contributed by atoms with E-state index in [1.54, 1.807) is 11.3 Å². The zero-order chi connectivity index (χ0) is 13.2. The number of aromatic nitrogens is 2. The highest BCUT2D eigenvalue weighted by Crippen LogP contribution is 2.28. The van der Waals surface area contributed by atoms with Gasteiger partial charge in [0.1, 0.15) is 10.0 Å². The Kier molecular flexibility index (Phi) is 3.59. The van der Waals surface area contributed by atoms with E-state index in [4.69, 9.17) is 0 Å². The molecule has 0 aliphatic heterocycles. The number of nitrogens with zero attached hydrogens (tertiary/aromatic N) is 2. The van der Waals surface area contributed by atoms with Crippen molar-refractivity contribution in [1.29, 1.82) is 0 Å². The minimum atomic E-state index is 0.762. The Balaban J connectivity index is 2.02. The quantitative estimate of drug-likeness (QED) is 0.791. The maximum absolute atomic E-state index is 4.25. The fourth-order valence-corrected chi connectivity index (χ4v) is 3.17. The highest BCUT2D eigenvalue weighted by molar-refractivity contribution is 9.10. The first-order valence-electron chi connectivity index (χ1n) is 5.93. The van der Waals surface area contributed by atoms with Crippen molar-refractivity contribution >= 4 is 38.0 Å². The zero-order valence-corrected chi connectivity index (χ0v) is 12.8. The van der Waals surface area contributed by atoms with Gasteiger partial charge in [0.25, 0.3) is 0 Å². The summed E-state index contributed by atoms with van der Waals surface area (Å²) in [6.07, 6.45) is 0. The third-order valence-corrected chi connectivity index (χ3v) is 4.31. The number of nitrogens with one attached hydrogen (secondary N) is 1. The van der Waals surface area contributed by atoms with Gasteiger partial charge < -0.3 is 5.32 Å². The molecule has 0 fully saturated rings. The van der Waals surface area contributed by atoms with Crippen molar-refractivity contribution in [3.05, 3.63) is 45.9 Å². The van der Waals surface area contributed by atoms with Crippen LogP contribution in [0.5, 0.6) is 0 Å². The van der Waals surface area contributed by atoms with E-state index in [9.17, 15) is 0 Å². The molecular formula is C14H12BrN3S. The van der Waals surface area contributed by atoms with Crippen LogP contribution in [0.1, 0.15) is 5.01 Å². The Bertz CT molecular complexity index is 724. The van der Waals surface area contributed by atoms with E-state index in [2.05, 4.69) is 67.8 Å². The molecule has 0 saturated heterocycles. The molecule has 5 heteroatoms. The number of hydrogen-bond donors (Lipinski definition) is 1. The maximum Gasteiger partial charge on any atom is 0.147 e. The molecule has 96 valence electrons. The van der Waals surface area contributed by atoms with Gasteiger partial charge in [0.05, 0.1) is 0 Å². The molecule has 0 radical (unpaired) electrons. The summed E-state index contributed by atoms with van der Waals surface area (Å²) in [5.74, 6) is 0. The first kappa shape index (κ1) is 12.7. The second-order valence-corrected chi connectivity index (χ2v) is 6.22. The van der Waals surface area contributed by atoms with Gasteiger partial charge in [0.2, 0.25) is 0 Å². The Morgan fingerprint density at radius 2 is 1.89 bits per heavy atom. The van der Waals surface area contributed by atoms with Crippen LogP contribution in [0.3, 0.4) is 0 Å². The van der Waals surface area contributed by atoms with Crippen molar-refractivity contribution in [3.63, 3.8) is 0 Å². The van der Waals surface area contributed by atoms with Crippen LogP contribution in [0.25, 0.3) is 21.3 Å². The summed E-state index contributed by atoms with van der Waals surface area (Å²) in [4.78, 5) is 0. The van der Waals surface area contributed by atoms with Crippen LogP contribution in [0, 0.1) is 0 Å². The van der Waals surface area contributed by atoms with Crippen LogP contribution >= 0.6 is 27.3 Å². The fraction of sp³-hybridized carbons (Fsp3) is 0.143. The molecule has 1 N–H and O–H groups in total. The van der Waals surface area contributed by atoms with Gasteiger partial charge >= 0.3 is 0 Å². The van der Waals surface area contributed by atoms with Crippen molar-refractivity contribution in [2.45, 2.75) is 6.54 Å². The zero-order valence-electron chi connectivity index (χ0n) is 10.4. The van der Waals surface area contributed by atoms with Gasteiger partial charge in [-0.1, -0.05) is 45.5 Å². The number of fused-ring (bicyclic) bond motifs is 1. The molecule has 0 bridgehead atoms. The Morgan fingerprint density at radius 3 is 2.74 bits per heavy atom. The van der Waals surface area contributed by atoms with Gasteiger partial charge in [-0.2, -0.15) is 0 Å². The van der Waals surface area contributed by atoms with Crippen LogP contribution in [-0.2, 0) is 6.54 Å². The largest absolute Gasteiger partial charge is 0.313 e. The standard InChI is InChI=1S/C14H12BrN3S/c1-16-8-13-17-18-14(19-13)11-3-2-10-7-12(15)5-4-9(10)6-11/h2-7,16H,8H2,1H3. The second kappa shape index (κ2) is 5.36. The van der Waals surface area contributed by atoms with Crippen LogP contribution < -0.4 is 5.32 Å². The molecule has 0 aliphatic rings. The molecular weight excluding hydrogens is 322 g/mol. The average Bonchev–Trinajstić information content (AvgIpc) is 2.87. The number of halogens is 1. The Hall–Kier alpha value is -1.30. The van der Waals surface area contributed by atoms with E-state index in [1.165, 1.54) is 10.8 Å². The molecule has 0 aliphatic carbocycles. The van der Waals surface area contributed by atoms with Crippen LogP contribution in [0.2, 0.25) is 0 Å². The van der Waals surface area contributed by atoms with E-state index in [0.717, 1.165) is 26.6 Å². The summed E-state index contributed by atoms with van der Waals surface area (Å²) in [7, 11) is 1.91. The average molecular weight is 334 g/mol. The molecule has 0 atom stereocenters. The first-order chi connectivity index (χ1) is 9.26. The van der Waals surface area contributed by atoms with Gasteiger partial charge in [-0.15, -0.1) is 10.2 Å². The van der Waals surface area contributed by atoms with E-state index in [-0.39, 0.29) is 0 Å². The van der Waals surface area contributed by atoms with Crippen LogP contribution in [-0.4, -0.2) is 17.2 Å². The molecule has 2 aromatic carbocycles. The Labute approximate surface area is 123 Å². The molecule has 0 saturated carbocycles. The van der Waals surface area contributed by atoms with E-state index >= 15 is 0 Å². The number of rotatable bonds is 3. The fourth-order valence-electron chi connectivity index (χ4n) is 1.94. The molecule has 0 amide bonds. The normalized spacial score (nSPS) is 11.1. The summed E-state index contributed by atoms with van der Waals surface area (Å²) < 4.78 is 1.10. The van der Waals surface area contributed by atoms with Crippen molar-refractivity contribution in [2.24, 2.45) is 0 Å². The summed E-state index contributed by atoms with van der Waals surface area (Å²) in [6, 6.07) is 12.7. The molecule has 1 aromatic heterocycles. The third kappa shape index (κ3) is 2.68. The Morgan fingerprint density at radius 1 is 1.11 bits per heavy atom. The number of benzene rings is 2. The van der Waals surface area contributed by atoms with Gasteiger partial charge in [0.15, 0.2) is 0 Å². The minimum Gasteiger partial charge on any atom is -0.313 e. The molecule has 3 nitrogen and oxygen atoms in total. The minimum absolute atomic E-state index is 0.762. The van der Waals surface area contributed by atoms with Gasteiger partial charge in [0, 0.05) is 16.6 Å². The molecule has 3 aromatic rings. The van der Waals surface area contributed by atoms with Crippen molar-refractivity contribution in [1.82, 2.24) is 15.5 Å². The third-order valence-electron chi connectivity index (χ3n) is 2.84. The molecule has 0 spiro atoms. The van der Waals surface area contributed by atoms with E-state index in [0.29, 0.717) is 0 Å². The van der Waals surface area contributed by atoms with E-state index in [1.807, 2.05) is 7.05 Å². The lowest BCUT2D eigenvalue weighted by atomic mass is 10.1. The molecule has 3 rings (SSSR count). The van der Waals surface area contributed by atoms with Crippen molar-refractivity contribution < 1.29 is 0 Å².